The SMILES string of the molecule is CCCN(C(=O)NCc1noc2ccccc12)c1cccc(Cl)c1. The van der Waals surface area contributed by atoms with Gasteiger partial charge in [0.05, 0.1) is 6.54 Å². The average Bonchev–Trinajstić information content (AvgIpc) is 3.01. The fourth-order valence-electron chi connectivity index (χ4n) is 2.54. The van der Waals surface area contributed by atoms with E-state index in [0.29, 0.717) is 29.4 Å². The third-order valence-corrected chi connectivity index (χ3v) is 3.91. The molecular weight excluding hydrogens is 326 g/mol. The van der Waals surface area contributed by atoms with Crippen LogP contribution in [0, 0.1) is 0 Å². The van der Waals surface area contributed by atoms with Crippen LogP contribution in [0.2, 0.25) is 5.02 Å². The van der Waals surface area contributed by atoms with Gasteiger partial charge in [0, 0.05) is 22.6 Å². The second-order valence-corrected chi connectivity index (χ2v) is 5.85. The number of urea groups is 1. The Balaban J connectivity index is 1.74. The maximum absolute atomic E-state index is 12.6. The van der Waals surface area contributed by atoms with E-state index < -0.39 is 0 Å². The molecule has 124 valence electrons. The van der Waals surface area contributed by atoms with Gasteiger partial charge in [0.1, 0.15) is 5.69 Å². The highest BCUT2D eigenvalue weighted by atomic mass is 35.5. The fourth-order valence-corrected chi connectivity index (χ4v) is 2.72. The summed E-state index contributed by atoms with van der Waals surface area (Å²) in [4.78, 5) is 14.3. The molecule has 0 fully saturated rings. The third kappa shape index (κ3) is 3.51. The van der Waals surface area contributed by atoms with E-state index in [2.05, 4.69) is 10.5 Å². The van der Waals surface area contributed by atoms with E-state index in [1.54, 1.807) is 17.0 Å². The number of amides is 2. The molecule has 2 amide bonds. The molecule has 5 nitrogen and oxygen atoms in total. The molecule has 0 bridgehead atoms. The highest BCUT2D eigenvalue weighted by Crippen LogP contribution is 2.21. The van der Waals surface area contributed by atoms with Crippen molar-refractivity contribution in [2.75, 3.05) is 11.4 Å². The molecule has 0 aliphatic carbocycles. The summed E-state index contributed by atoms with van der Waals surface area (Å²) in [7, 11) is 0. The monoisotopic (exact) mass is 343 g/mol. The van der Waals surface area contributed by atoms with Crippen molar-refractivity contribution in [2.45, 2.75) is 19.9 Å². The Labute approximate surface area is 145 Å². The lowest BCUT2D eigenvalue weighted by Gasteiger charge is -2.22. The zero-order valence-corrected chi connectivity index (χ0v) is 14.1. The topological polar surface area (TPSA) is 58.4 Å². The van der Waals surface area contributed by atoms with Crippen LogP contribution in [0.1, 0.15) is 19.0 Å². The number of anilines is 1. The van der Waals surface area contributed by atoms with Crippen LogP contribution in [-0.4, -0.2) is 17.7 Å². The minimum Gasteiger partial charge on any atom is -0.356 e. The summed E-state index contributed by atoms with van der Waals surface area (Å²) < 4.78 is 5.26. The summed E-state index contributed by atoms with van der Waals surface area (Å²) in [6, 6.07) is 14.7. The van der Waals surface area contributed by atoms with Crippen LogP contribution >= 0.6 is 11.6 Å². The predicted octanol–water partition coefficient (Wildman–Crippen LogP) is 4.61. The lowest BCUT2D eigenvalue weighted by atomic mass is 10.2. The molecule has 6 heteroatoms. The van der Waals surface area contributed by atoms with Crippen molar-refractivity contribution in [3.63, 3.8) is 0 Å². The van der Waals surface area contributed by atoms with Crippen molar-refractivity contribution in [3.05, 3.63) is 59.2 Å². The molecule has 0 saturated heterocycles. The van der Waals surface area contributed by atoms with Crippen LogP contribution < -0.4 is 10.2 Å². The van der Waals surface area contributed by atoms with Crippen molar-refractivity contribution in [3.8, 4) is 0 Å². The van der Waals surface area contributed by atoms with Gasteiger partial charge in [0.2, 0.25) is 0 Å². The number of rotatable bonds is 5. The van der Waals surface area contributed by atoms with Gasteiger partial charge in [-0.1, -0.05) is 41.9 Å². The molecule has 3 aromatic rings. The van der Waals surface area contributed by atoms with E-state index in [1.807, 2.05) is 43.3 Å². The molecule has 3 rings (SSSR count). The Bertz CT molecular complexity index is 847. The first-order valence-corrected chi connectivity index (χ1v) is 8.21. The molecule has 0 saturated carbocycles. The number of fused-ring (bicyclic) bond motifs is 1. The molecule has 2 aromatic carbocycles. The van der Waals surface area contributed by atoms with Crippen molar-refractivity contribution in [2.24, 2.45) is 0 Å². The van der Waals surface area contributed by atoms with Gasteiger partial charge in [0.25, 0.3) is 0 Å². The van der Waals surface area contributed by atoms with Gasteiger partial charge in [-0.25, -0.2) is 4.79 Å². The van der Waals surface area contributed by atoms with Gasteiger partial charge in [0.15, 0.2) is 5.58 Å². The predicted molar refractivity (Wildman–Crippen MR) is 95.3 cm³/mol. The van der Waals surface area contributed by atoms with E-state index >= 15 is 0 Å². The zero-order chi connectivity index (χ0) is 16.9. The summed E-state index contributed by atoms with van der Waals surface area (Å²) in [6.45, 7) is 2.93. The van der Waals surface area contributed by atoms with Gasteiger partial charge in [-0.2, -0.15) is 0 Å². The molecule has 24 heavy (non-hydrogen) atoms. The summed E-state index contributed by atoms with van der Waals surface area (Å²) in [5.74, 6) is 0. The number of benzene rings is 2. The van der Waals surface area contributed by atoms with Crippen LogP contribution in [0.4, 0.5) is 10.5 Å². The van der Waals surface area contributed by atoms with Crippen LogP contribution in [0.5, 0.6) is 0 Å². The third-order valence-electron chi connectivity index (χ3n) is 3.67. The zero-order valence-electron chi connectivity index (χ0n) is 13.3. The smallest absolute Gasteiger partial charge is 0.322 e. The van der Waals surface area contributed by atoms with E-state index in [1.165, 1.54) is 0 Å². The number of para-hydroxylation sites is 1. The Morgan fingerprint density at radius 2 is 2.08 bits per heavy atom. The molecule has 1 heterocycles. The molecule has 0 aliphatic rings. The lowest BCUT2D eigenvalue weighted by molar-refractivity contribution is 0.245. The number of hydrogen-bond donors (Lipinski definition) is 1. The van der Waals surface area contributed by atoms with E-state index in [9.17, 15) is 4.79 Å². The molecular formula is C18H18ClN3O2. The second kappa shape index (κ2) is 7.36. The Morgan fingerprint density at radius 1 is 1.25 bits per heavy atom. The van der Waals surface area contributed by atoms with Crippen LogP contribution in [0.15, 0.2) is 53.1 Å². The molecule has 0 atom stereocenters. The number of nitrogens with zero attached hydrogens (tertiary/aromatic N) is 2. The summed E-state index contributed by atoms with van der Waals surface area (Å²) in [5.41, 5.74) is 2.19. The van der Waals surface area contributed by atoms with E-state index in [4.69, 9.17) is 16.1 Å². The van der Waals surface area contributed by atoms with Crippen LogP contribution in [0.3, 0.4) is 0 Å². The van der Waals surface area contributed by atoms with Gasteiger partial charge in [-0.05, 0) is 36.8 Å². The normalized spacial score (nSPS) is 10.8. The van der Waals surface area contributed by atoms with Crippen molar-refractivity contribution in [1.29, 1.82) is 0 Å². The average molecular weight is 344 g/mol. The highest BCUT2D eigenvalue weighted by molar-refractivity contribution is 6.30. The van der Waals surface area contributed by atoms with Crippen molar-refractivity contribution >= 4 is 34.3 Å². The van der Waals surface area contributed by atoms with Gasteiger partial charge in [-0.3, -0.25) is 4.90 Å². The Hall–Kier alpha value is -2.53. The molecule has 1 N–H and O–H groups in total. The maximum Gasteiger partial charge on any atom is 0.322 e. The van der Waals surface area contributed by atoms with E-state index in [-0.39, 0.29) is 6.03 Å². The first-order valence-electron chi connectivity index (χ1n) is 7.83. The molecule has 0 spiro atoms. The first kappa shape index (κ1) is 16.3. The number of carbonyl (C=O) groups is 1. The first-order chi connectivity index (χ1) is 11.7. The molecule has 1 aromatic heterocycles. The number of nitrogens with one attached hydrogen (secondary N) is 1. The fraction of sp³-hybridized carbons (Fsp3) is 0.222. The van der Waals surface area contributed by atoms with Crippen molar-refractivity contribution < 1.29 is 9.32 Å². The number of halogens is 1. The molecule has 0 unspecified atom stereocenters. The number of carbonyl (C=O) groups excluding carboxylic acids is 1. The van der Waals surface area contributed by atoms with Gasteiger partial charge >= 0.3 is 6.03 Å². The quantitative estimate of drug-likeness (QED) is 0.736. The summed E-state index contributed by atoms with van der Waals surface area (Å²) >= 11 is 6.04. The maximum atomic E-state index is 12.6. The van der Waals surface area contributed by atoms with Crippen LogP contribution in [-0.2, 0) is 6.54 Å². The lowest BCUT2D eigenvalue weighted by Crippen LogP contribution is -2.40. The van der Waals surface area contributed by atoms with Crippen LogP contribution in [0.25, 0.3) is 11.0 Å². The minimum atomic E-state index is -0.189. The minimum absolute atomic E-state index is 0.189. The van der Waals surface area contributed by atoms with Crippen molar-refractivity contribution in [1.82, 2.24) is 10.5 Å². The standard InChI is InChI=1S/C18H18ClN3O2/c1-2-10-22(14-7-5-6-13(19)11-14)18(23)20-12-16-15-8-3-4-9-17(15)24-21-16/h3-9,11H,2,10,12H2,1H3,(H,20,23). The largest absolute Gasteiger partial charge is 0.356 e. The number of hydrogen-bond acceptors (Lipinski definition) is 3. The number of aromatic nitrogens is 1. The van der Waals surface area contributed by atoms with Gasteiger partial charge < -0.3 is 9.84 Å². The van der Waals surface area contributed by atoms with Gasteiger partial charge in [-0.15, -0.1) is 0 Å². The summed E-state index contributed by atoms with van der Waals surface area (Å²) in [6.07, 6.45) is 0.840. The molecule has 0 radical (unpaired) electrons. The summed E-state index contributed by atoms with van der Waals surface area (Å²) in [5, 5.41) is 8.44. The molecule has 0 aliphatic heterocycles. The second-order valence-electron chi connectivity index (χ2n) is 5.42. The Kier molecular flexibility index (Phi) is 5.01. The Morgan fingerprint density at radius 3 is 2.88 bits per heavy atom. The van der Waals surface area contributed by atoms with E-state index in [0.717, 1.165) is 17.5 Å². The highest BCUT2D eigenvalue weighted by Gasteiger charge is 2.16.